The zero-order chi connectivity index (χ0) is 14.3. The van der Waals surface area contributed by atoms with Gasteiger partial charge in [-0.2, -0.15) is 0 Å². The van der Waals surface area contributed by atoms with Gasteiger partial charge in [-0.3, -0.25) is 4.79 Å². The molecule has 0 bridgehead atoms. The average molecular weight is 305 g/mol. The molecule has 4 N–H and O–H groups in total. The Bertz CT molecular complexity index is 598. The van der Waals surface area contributed by atoms with Crippen molar-refractivity contribution in [2.75, 3.05) is 16.8 Å². The lowest BCUT2D eigenvalue weighted by molar-refractivity contribution is -0.138. The Morgan fingerprint density at radius 2 is 2.37 bits per heavy atom. The number of aliphatic carboxylic acids is 1. The van der Waals surface area contributed by atoms with Crippen LogP contribution < -0.4 is 11.1 Å². The largest absolute Gasteiger partial charge is 0.480 e. The number of aromatic nitrogens is 1. The molecule has 2 unspecified atom stereocenters. The lowest BCUT2D eigenvalue weighted by Gasteiger charge is -2.23. The van der Waals surface area contributed by atoms with Gasteiger partial charge in [0.1, 0.15) is 6.04 Å². The van der Waals surface area contributed by atoms with Crippen LogP contribution in [0.1, 0.15) is 25.1 Å². The summed E-state index contributed by atoms with van der Waals surface area (Å²) < 4.78 is 23.0. The van der Waals surface area contributed by atoms with Crippen molar-refractivity contribution in [2.45, 2.75) is 24.9 Å². The van der Waals surface area contributed by atoms with Gasteiger partial charge in [0.15, 0.2) is 15.0 Å². The molecular formula is C10H15N3O4S2. The second-order valence-corrected chi connectivity index (χ2v) is 7.96. The number of carboxylic acid groups (broad SMARTS) is 1. The lowest BCUT2D eigenvalue weighted by Crippen LogP contribution is -2.35. The molecule has 1 saturated heterocycles. The van der Waals surface area contributed by atoms with Crippen LogP contribution >= 0.6 is 11.3 Å². The van der Waals surface area contributed by atoms with E-state index in [9.17, 15) is 13.2 Å². The number of carbonyl (C=O) groups is 1. The number of nitrogens with two attached hydrogens (primary N) is 1. The first-order valence-electron chi connectivity index (χ1n) is 5.63. The maximum absolute atomic E-state index is 11.5. The van der Waals surface area contributed by atoms with Crippen molar-refractivity contribution in [1.82, 2.24) is 4.98 Å². The molecule has 7 nitrogen and oxygen atoms in total. The van der Waals surface area contributed by atoms with Gasteiger partial charge < -0.3 is 16.2 Å². The molecule has 0 spiro atoms. The Morgan fingerprint density at radius 1 is 1.68 bits per heavy atom. The van der Waals surface area contributed by atoms with Gasteiger partial charge in [-0.1, -0.05) is 0 Å². The van der Waals surface area contributed by atoms with Crippen LogP contribution in [-0.4, -0.2) is 41.5 Å². The van der Waals surface area contributed by atoms with Crippen molar-refractivity contribution in [3.63, 3.8) is 0 Å². The Kier molecular flexibility index (Phi) is 3.54. The third kappa shape index (κ3) is 3.23. The molecule has 1 aliphatic heterocycles. The molecular weight excluding hydrogens is 290 g/mol. The van der Waals surface area contributed by atoms with Crippen LogP contribution in [0, 0.1) is 0 Å². The van der Waals surface area contributed by atoms with E-state index in [1.165, 1.54) is 11.3 Å². The van der Waals surface area contributed by atoms with E-state index in [-0.39, 0.29) is 17.2 Å². The molecule has 2 heterocycles. The van der Waals surface area contributed by atoms with Gasteiger partial charge in [-0.15, -0.1) is 11.3 Å². The number of sulfone groups is 1. The number of rotatable bonds is 4. The minimum atomic E-state index is -3.00. The molecule has 0 aliphatic carbocycles. The molecule has 1 aliphatic rings. The molecule has 1 aromatic heterocycles. The monoisotopic (exact) mass is 305 g/mol. The quantitative estimate of drug-likeness (QED) is 0.727. The van der Waals surface area contributed by atoms with Gasteiger partial charge in [-0.05, 0) is 13.3 Å². The number of carboxylic acids is 1. The topological polar surface area (TPSA) is 122 Å². The Labute approximate surface area is 114 Å². The third-order valence-electron chi connectivity index (χ3n) is 3.02. The number of hydrogen-bond donors (Lipinski definition) is 3. The number of anilines is 1. The summed E-state index contributed by atoms with van der Waals surface area (Å²) in [5.41, 5.74) is 5.17. The second kappa shape index (κ2) is 4.73. The Balaban J connectivity index is 2.11. The highest BCUT2D eigenvalue weighted by Gasteiger charge is 2.38. The normalized spacial score (nSPS) is 27.1. The Morgan fingerprint density at radius 3 is 2.89 bits per heavy atom. The van der Waals surface area contributed by atoms with Gasteiger partial charge in [-0.25, -0.2) is 13.4 Å². The molecule has 0 saturated carbocycles. The molecule has 1 aromatic rings. The van der Waals surface area contributed by atoms with E-state index in [1.54, 1.807) is 5.38 Å². The summed E-state index contributed by atoms with van der Waals surface area (Å²) in [5, 5.41) is 13.9. The number of thiazole rings is 1. The Hall–Kier alpha value is -1.19. The predicted octanol–water partition coefficient (Wildman–Crippen LogP) is 0.217. The predicted molar refractivity (Wildman–Crippen MR) is 72.0 cm³/mol. The summed E-state index contributed by atoms with van der Waals surface area (Å²) in [6.07, 6.45) is 0.509. The minimum absolute atomic E-state index is 0.0555. The average Bonchev–Trinajstić information content (AvgIpc) is 2.82. The van der Waals surface area contributed by atoms with Crippen molar-refractivity contribution >= 4 is 32.3 Å². The molecule has 0 amide bonds. The summed E-state index contributed by atoms with van der Waals surface area (Å²) in [5.74, 6) is -0.935. The van der Waals surface area contributed by atoms with E-state index < -0.39 is 27.4 Å². The maximum Gasteiger partial charge on any atom is 0.326 e. The van der Waals surface area contributed by atoms with E-state index in [0.29, 0.717) is 11.6 Å². The molecule has 0 aromatic carbocycles. The minimum Gasteiger partial charge on any atom is -0.480 e. The van der Waals surface area contributed by atoms with E-state index in [4.69, 9.17) is 10.8 Å². The first-order chi connectivity index (χ1) is 8.71. The van der Waals surface area contributed by atoms with Crippen molar-refractivity contribution in [1.29, 1.82) is 0 Å². The highest BCUT2D eigenvalue weighted by molar-refractivity contribution is 7.91. The molecule has 0 radical (unpaired) electrons. The van der Waals surface area contributed by atoms with Crippen LogP contribution in [0.5, 0.6) is 0 Å². The summed E-state index contributed by atoms with van der Waals surface area (Å²) >= 11 is 1.22. The van der Waals surface area contributed by atoms with E-state index in [2.05, 4.69) is 10.3 Å². The summed E-state index contributed by atoms with van der Waals surface area (Å²) in [6.45, 7) is 1.82. The highest BCUT2D eigenvalue weighted by atomic mass is 32.2. The van der Waals surface area contributed by atoms with Gasteiger partial charge in [0.2, 0.25) is 0 Å². The number of hydrogen-bond acceptors (Lipinski definition) is 7. The van der Waals surface area contributed by atoms with E-state index in [1.807, 2.05) is 6.92 Å². The first-order valence-corrected chi connectivity index (χ1v) is 8.33. The first kappa shape index (κ1) is 14.2. The second-order valence-electron chi connectivity index (χ2n) is 4.92. The maximum atomic E-state index is 11.5. The highest BCUT2D eigenvalue weighted by Crippen LogP contribution is 2.29. The van der Waals surface area contributed by atoms with Crippen LogP contribution in [0.3, 0.4) is 0 Å². The van der Waals surface area contributed by atoms with Gasteiger partial charge >= 0.3 is 5.97 Å². The molecule has 9 heteroatoms. The molecule has 2 rings (SSSR count). The zero-order valence-electron chi connectivity index (χ0n) is 10.3. The van der Waals surface area contributed by atoms with Crippen molar-refractivity contribution in [2.24, 2.45) is 5.73 Å². The molecule has 19 heavy (non-hydrogen) atoms. The SMILES string of the molecule is CC1(Nc2nc(C(N)C(=O)O)cs2)CCS(=O)(=O)C1. The molecule has 106 valence electrons. The molecule has 1 fully saturated rings. The summed E-state index contributed by atoms with van der Waals surface area (Å²) in [7, 11) is -3.00. The fourth-order valence-corrected chi connectivity index (χ4v) is 4.97. The van der Waals surface area contributed by atoms with Crippen molar-refractivity contribution in [3.05, 3.63) is 11.1 Å². The van der Waals surface area contributed by atoms with E-state index >= 15 is 0 Å². The van der Waals surface area contributed by atoms with Crippen LogP contribution in [0.25, 0.3) is 0 Å². The number of nitrogens with one attached hydrogen (secondary N) is 1. The lowest BCUT2D eigenvalue weighted by atomic mass is 10.0. The van der Waals surface area contributed by atoms with Crippen molar-refractivity contribution < 1.29 is 18.3 Å². The smallest absolute Gasteiger partial charge is 0.326 e. The van der Waals surface area contributed by atoms with Crippen LogP contribution in [0.4, 0.5) is 5.13 Å². The standard InChI is InChI=1S/C10H15N3O4S2/c1-10(2-3-19(16,17)5-10)13-9-12-6(4-18-9)7(11)8(14)15/h4,7H,2-3,5,11H2,1H3,(H,12,13)(H,14,15). The van der Waals surface area contributed by atoms with Crippen LogP contribution in [0.15, 0.2) is 5.38 Å². The zero-order valence-corrected chi connectivity index (χ0v) is 11.9. The van der Waals surface area contributed by atoms with Crippen LogP contribution in [0.2, 0.25) is 0 Å². The van der Waals surface area contributed by atoms with E-state index in [0.717, 1.165) is 0 Å². The van der Waals surface area contributed by atoms with Gasteiger partial charge in [0, 0.05) is 5.38 Å². The molecule has 2 atom stereocenters. The van der Waals surface area contributed by atoms with Crippen molar-refractivity contribution in [3.8, 4) is 0 Å². The van der Waals surface area contributed by atoms with Crippen LogP contribution in [-0.2, 0) is 14.6 Å². The van der Waals surface area contributed by atoms with Gasteiger partial charge in [0.05, 0.1) is 22.7 Å². The third-order valence-corrected chi connectivity index (χ3v) is 5.70. The van der Waals surface area contributed by atoms with Gasteiger partial charge in [0.25, 0.3) is 0 Å². The summed E-state index contributed by atoms with van der Waals surface area (Å²) in [4.78, 5) is 14.8. The fourth-order valence-electron chi connectivity index (χ4n) is 1.98. The fraction of sp³-hybridized carbons (Fsp3) is 0.600. The summed E-state index contributed by atoms with van der Waals surface area (Å²) in [6, 6.07) is -1.16. The number of nitrogens with zero attached hydrogens (tertiary/aromatic N) is 1.